The highest BCUT2D eigenvalue weighted by atomic mass is 79.9. The summed E-state index contributed by atoms with van der Waals surface area (Å²) < 4.78 is 28.0. The zero-order chi connectivity index (χ0) is 14.8. The summed E-state index contributed by atoms with van der Waals surface area (Å²) in [5.74, 6) is 0.231. The molecule has 0 bridgehead atoms. The number of hydrogen-bond acceptors (Lipinski definition) is 3. The van der Waals surface area contributed by atoms with Gasteiger partial charge in [-0.3, -0.25) is 9.71 Å². The molecule has 0 aliphatic heterocycles. The molecule has 0 spiro atoms. The molecular formula is C14H15BrN2O2S. The fraction of sp³-hybridized carbons (Fsp3) is 0.214. The lowest BCUT2D eigenvalue weighted by Crippen LogP contribution is -2.14. The Labute approximate surface area is 127 Å². The first-order chi connectivity index (χ1) is 9.40. The Morgan fingerprint density at radius 1 is 1.20 bits per heavy atom. The van der Waals surface area contributed by atoms with E-state index in [2.05, 4.69) is 25.6 Å². The minimum absolute atomic E-state index is 0.130. The van der Waals surface area contributed by atoms with Crippen molar-refractivity contribution in [2.45, 2.75) is 24.7 Å². The fourth-order valence-electron chi connectivity index (χ4n) is 1.84. The van der Waals surface area contributed by atoms with Crippen molar-refractivity contribution in [3.05, 3.63) is 52.8 Å². The zero-order valence-electron chi connectivity index (χ0n) is 11.2. The molecule has 1 heterocycles. The summed E-state index contributed by atoms with van der Waals surface area (Å²) in [6.45, 7) is 4.04. The van der Waals surface area contributed by atoms with Crippen LogP contribution in [0.25, 0.3) is 0 Å². The molecule has 6 heteroatoms. The molecule has 20 heavy (non-hydrogen) atoms. The van der Waals surface area contributed by atoms with Crippen molar-refractivity contribution in [1.29, 1.82) is 0 Å². The smallest absolute Gasteiger partial charge is 0.263 e. The molecule has 0 aliphatic rings. The molecule has 1 aromatic heterocycles. The molecule has 2 aromatic rings. The summed E-state index contributed by atoms with van der Waals surface area (Å²) in [5, 5.41) is 0. The Hall–Kier alpha value is -1.40. The molecule has 1 aromatic carbocycles. The van der Waals surface area contributed by atoms with E-state index in [4.69, 9.17) is 0 Å². The predicted molar refractivity (Wildman–Crippen MR) is 83.3 cm³/mol. The van der Waals surface area contributed by atoms with Crippen molar-refractivity contribution in [2.24, 2.45) is 0 Å². The Morgan fingerprint density at radius 3 is 2.55 bits per heavy atom. The summed E-state index contributed by atoms with van der Waals surface area (Å²) in [7, 11) is -3.63. The first-order valence-electron chi connectivity index (χ1n) is 6.12. The maximum atomic E-state index is 12.4. The Bertz CT molecular complexity index is 715. The molecule has 2 rings (SSSR count). The Balaban J connectivity index is 2.39. The number of para-hydroxylation sites is 1. The predicted octanol–water partition coefficient (Wildman–Crippen LogP) is 3.77. The van der Waals surface area contributed by atoms with E-state index < -0.39 is 10.0 Å². The molecule has 0 atom stereocenters. The van der Waals surface area contributed by atoms with E-state index in [9.17, 15) is 8.42 Å². The number of rotatable bonds is 4. The summed E-state index contributed by atoms with van der Waals surface area (Å²) in [5.41, 5.74) is 1.56. The van der Waals surface area contributed by atoms with Gasteiger partial charge in [0.15, 0.2) is 0 Å². The largest absolute Gasteiger partial charge is 0.279 e. The maximum absolute atomic E-state index is 12.4. The molecular weight excluding hydrogens is 340 g/mol. The molecule has 0 amide bonds. The number of aromatic nitrogens is 1. The van der Waals surface area contributed by atoms with Gasteiger partial charge in [-0.2, -0.15) is 0 Å². The average Bonchev–Trinajstić information content (AvgIpc) is 2.38. The standard InChI is InChI=1S/C14H15BrN2O2S/c1-10(2)13-5-3-4-6-14(13)17-20(18,19)12-7-11(15)8-16-9-12/h3-10,17H,1-2H3. The van der Waals surface area contributed by atoms with Gasteiger partial charge in [0.2, 0.25) is 0 Å². The number of halogens is 1. The highest BCUT2D eigenvalue weighted by molar-refractivity contribution is 9.10. The Morgan fingerprint density at radius 2 is 1.90 bits per heavy atom. The van der Waals surface area contributed by atoms with Gasteiger partial charge < -0.3 is 0 Å². The molecule has 1 N–H and O–H groups in total. The van der Waals surface area contributed by atoms with Crippen molar-refractivity contribution < 1.29 is 8.42 Å². The fourth-order valence-corrected chi connectivity index (χ4v) is 3.43. The second-order valence-electron chi connectivity index (χ2n) is 4.69. The number of nitrogens with one attached hydrogen (secondary N) is 1. The van der Waals surface area contributed by atoms with Gasteiger partial charge in [-0.1, -0.05) is 32.0 Å². The van der Waals surface area contributed by atoms with Crippen LogP contribution in [-0.4, -0.2) is 13.4 Å². The minimum Gasteiger partial charge on any atom is -0.279 e. The van der Waals surface area contributed by atoms with Gasteiger partial charge >= 0.3 is 0 Å². The van der Waals surface area contributed by atoms with Crippen LogP contribution in [0.1, 0.15) is 25.3 Å². The SMILES string of the molecule is CC(C)c1ccccc1NS(=O)(=O)c1cncc(Br)c1. The van der Waals surface area contributed by atoms with Crippen LogP contribution in [0.3, 0.4) is 0 Å². The van der Waals surface area contributed by atoms with Crippen molar-refractivity contribution in [3.63, 3.8) is 0 Å². The van der Waals surface area contributed by atoms with E-state index in [1.807, 2.05) is 32.0 Å². The first-order valence-corrected chi connectivity index (χ1v) is 8.40. The third-order valence-electron chi connectivity index (χ3n) is 2.82. The van der Waals surface area contributed by atoms with Crippen LogP contribution >= 0.6 is 15.9 Å². The molecule has 0 fully saturated rings. The van der Waals surface area contributed by atoms with Gasteiger partial charge in [-0.15, -0.1) is 0 Å². The second-order valence-corrected chi connectivity index (χ2v) is 7.28. The third-order valence-corrected chi connectivity index (χ3v) is 4.58. The zero-order valence-corrected chi connectivity index (χ0v) is 13.6. The second kappa shape index (κ2) is 5.93. The molecule has 4 nitrogen and oxygen atoms in total. The first kappa shape index (κ1) is 15.0. The van der Waals surface area contributed by atoms with Gasteiger partial charge in [0.05, 0.1) is 5.69 Å². The van der Waals surface area contributed by atoms with Crippen molar-refractivity contribution in [3.8, 4) is 0 Å². The van der Waals surface area contributed by atoms with Gasteiger partial charge in [0, 0.05) is 16.9 Å². The number of pyridine rings is 1. The van der Waals surface area contributed by atoms with Crippen LogP contribution in [0.15, 0.2) is 52.1 Å². The Kier molecular flexibility index (Phi) is 4.45. The molecule has 0 unspecified atom stereocenters. The highest BCUT2D eigenvalue weighted by Crippen LogP contribution is 2.26. The molecule has 0 aliphatic carbocycles. The minimum atomic E-state index is -3.63. The van der Waals surface area contributed by atoms with E-state index in [0.717, 1.165) is 5.56 Å². The van der Waals surface area contributed by atoms with Gasteiger partial charge in [0.25, 0.3) is 10.0 Å². The van der Waals surface area contributed by atoms with Gasteiger partial charge in [0.1, 0.15) is 4.90 Å². The number of benzene rings is 1. The quantitative estimate of drug-likeness (QED) is 0.908. The molecule has 0 saturated heterocycles. The van der Waals surface area contributed by atoms with Gasteiger partial charge in [-0.05, 0) is 39.5 Å². The highest BCUT2D eigenvalue weighted by Gasteiger charge is 2.17. The van der Waals surface area contributed by atoms with E-state index in [1.54, 1.807) is 12.3 Å². The average molecular weight is 355 g/mol. The van der Waals surface area contributed by atoms with E-state index in [-0.39, 0.29) is 10.8 Å². The number of sulfonamides is 1. The van der Waals surface area contributed by atoms with Crippen LogP contribution in [0.5, 0.6) is 0 Å². The van der Waals surface area contributed by atoms with E-state index >= 15 is 0 Å². The number of hydrogen-bond donors (Lipinski definition) is 1. The molecule has 0 saturated carbocycles. The van der Waals surface area contributed by atoms with Crippen LogP contribution < -0.4 is 4.72 Å². The van der Waals surface area contributed by atoms with Gasteiger partial charge in [-0.25, -0.2) is 8.42 Å². The van der Waals surface area contributed by atoms with Crippen molar-refractivity contribution in [1.82, 2.24) is 4.98 Å². The lowest BCUT2D eigenvalue weighted by Gasteiger charge is -2.14. The van der Waals surface area contributed by atoms with Crippen molar-refractivity contribution in [2.75, 3.05) is 4.72 Å². The third kappa shape index (κ3) is 3.37. The summed E-state index contributed by atoms with van der Waals surface area (Å²) in [6, 6.07) is 8.91. The number of anilines is 1. The van der Waals surface area contributed by atoms with Crippen LogP contribution in [-0.2, 0) is 10.0 Å². The van der Waals surface area contributed by atoms with Crippen LogP contribution in [0, 0.1) is 0 Å². The summed E-state index contributed by atoms with van der Waals surface area (Å²) in [6.07, 6.45) is 2.87. The van der Waals surface area contributed by atoms with E-state index in [0.29, 0.717) is 10.2 Å². The lowest BCUT2D eigenvalue weighted by atomic mass is 10.0. The summed E-state index contributed by atoms with van der Waals surface area (Å²) in [4.78, 5) is 4.01. The lowest BCUT2D eigenvalue weighted by molar-refractivity contribution is 0.600. The number of nitrogens with zero attached hydrogens (tertiary/aromatic N) is 1. The summed E-state index contributed by atoms with van der Waals surface area (Å²) >= 11 is 3.22. The topological polar surface area (TPSA) is 59.1 Å². The molecule has 106 valence electrons. The van der Waals surface area contributed by atoms with Crippen molar-refractivity contribution >= 4 is 31.6 Å². The molecule has 0 radical (unpaired) electrons. The van der Waals surface area contributed by atoms with E-state index in [1.165, 1.54) is 12.3 Å². The van der Waals surface area contributed by atoms with Crippen LogP contribution in [0.4, 0.5) is 5.69 Å². The monoisotopic (exact) mass is 354 g/mol. The normalized spacial score (nSPS) is 11.6. The maximum Gasteiger partial charge on any atom is 0.263 e. The van der Waals surface area contributed by atoms with Crippen LogP contribution in [0.2, 0.25) is 0 Å².